The molecule has 3 heteroatoms. The Morgan fingerprint density at radius 3 is 2.33 bits per heavy atom. The third-order valence-corrected chi connectivity index (χ3v) is 3.77. The van der Waals surface area contributed by atoms with Crippen LogP contribution in [-0.4, -0.2) is 36.0 Å². The quantitative estimate of drug-likeness (QED) is 0.763. The number of hydrogen-bond donors (Lipinski definition) is 1. The van der Waals surface area contributed by atoms with Crippen molar-refractivity contribution in [2.75, 3.05) is 13.1 Å². The van der Waals surface area contributed by atoms with E-state index >= 15 is 0 Å². The summed E-state index contributed by atoms with van der Waals surface area (Å²) in [7, 11) is 0. The summed E-state index contributed by atoms with van der Waals surface area (Å²) in [4.78, 5) is 13.1. The van der Waals surface area contributed by atoms with Gasteiger partial charge in [0.2, 0.25) is 5.91 Å². The molecule has 1 aliphatic heterocycles. The molecule has 1 N–H and O–H groups in total. The minimum absolute atomic E-state index is 0.226. The second-order valence-corrected chi connectivity index (χ2v) is 5.07. The summed E-state index contributed by atoms with van der Waals surface area (Å²) in [5.41, 5.74) is 0. The van der Waals surface area contributed by atoms with E-state index < -0.39 is 0 Å². The minimum atomic E-state index is 0.226. The van der Waals surface area contributed by atoms with E-state index in [-0.39, 0.29) is 5.91 Å². The molecule has 0 spiro atoms. The van der Waals surface area contributed by atoms with Gasteiger partial charge in [-0.3, -0.25) is 4.79 Å². The van der Waals surface area contributed by atoms with Gasteiger partial charge >= 0.3 is 0 Å². The van der Waals surface area contributed by atoms with Gasteiger partial charge in [0.05, 0.1) is 0 Å². The van der Waals surface area contributed by atoms with Crippen LogP contribution in [0.15, 0.2) is 0 Å². The Hall–Kier alpha value is -0.570. The number of carbonyl (C=O) groups excluding carboxylic acids is 1. The summed E-state index contributed by atoms with van der Waals surface area (Å²) in [5.74, 6) is 1.15. The fourth-order valence-corrected chi connectivity index (χ4v) is 2.47. The fourth-order valence-electron chi connectivity index (χ4n) is 2.47. The first kappa shape index (κ1) is 10.9. The molecular weight excluding hydrogens is 188 g/mol. The normalized spacial score (nSPS) is 25.3. The summed E-state index contributed by atoms with van der Waals surface area (Å²) in [6.07, 6.45) is 5.05. The van der Waals surface area contributed by atoms with Crippen LogP contribution in [0.2, 0.25) is 0 Å². The highest BCUT2D eigenvalue weighted by atomic mass is 16.2. The number of amides is 1. The highest BCUT2D eigenvalue weighted by molar-refractivity contribution is 5.73. The third kappa shape index (κ3) is 2.94. The van der Waals surface area contributed by atoms with E-state index in [0.29, 0.717) is 12.1 Å². The SMILES string of the molecule is CC(=O)N1CCC(NC(C)C2CC2)CC1. The minimum Gasteiger partial charge on any atom is -0.343 e. The van der Waals surface area contributed by atoms with Crippen molar-refractivity contribution >= 4 is 5.91 Å². The van der Waals surface area contributed by atoms with E-state index in [1.165, 1.54) is 12.8 Å². The highest BCUT2D eigenvalue weighted by Gasteiger charge is 2.30. The van der Waals surface area contributed by atoms with Crippen molar-refractivity contribution in [3.63, 3.8) is 0 Å². The molecule has 2 rings (SSSR count). The topological polar surface area (TPSA) is 32.3 Å². The molecule has 0 radical (unpaired) electrons. The van der Waals surface area contributed by atoms with E-state index in [2.05, 4.69) is 12.2 Å². The Kier molecular flexibility index (Phi) is 3.29. The molecule has 1 amide bonds. The first-order chi connectivity index (χ1) is 7.16. The Balaban J connectivity index is 1.70. The number of carbonyl (C=O) groups is 1. The van der Waals surface area contributed by atoms with Crippen molar-refractivity contribution in [1.82, 2.24) is 10.2 Å². The fraction of sp³-hybridized carbons (Fsp3) is 0.917. The van der Waals surface area contributed by atoms with Gasteiger partial charge < -0.3 is 10.2 Å². The molecule has 1 atom stereocenters. The lowest BCUT2D eigenvalue weighted by Crippen LogP contribution is -2.47. The van der Waals surface area contributed by atoms with Crippen molar-refractivity contribution in [2.24, 2.45) is 5.92 Å². The first-order valence-corrected chi connectivity index (χ1v) is 6.18. The lowest BCUT2D eigenvalue weighted by molar-refractivity contribution is -0.129. The number of nitrogens with zero attached hydrogens (tertiary/aromatic N) is 1. The molecule has 0 bridgehead atoms. The zero-order chi connectivity index (χ0) is 10.8. The maximum absolute atomic E-state index is 11.2. The smallest absolute Gasteiger partial charge is 0.219 e. The number of nitrogens with one attached hydrogen (secondary N) is 1. The average molecular weight is 210 g/mol. The van der Waals surface area contributed by atoms with Gasteiger partial charge in [0, 0.05) is 32.1 Å². The van der Waals surface area contributed by atoms with Crippen molar-refractivity contribution in [3.8, 4) is 0 Å². The van der Waals surface area contributed by atoms with Gasteiger partial charge in [-0.2, -0.15) is 0 Å². The lowest BCUT2D eigenvalue weighted by atomic mass is 10.0. The predicted molar refractivity (Wildman–Crippen MR) is 60.6 cm³/mol. The van der Waals surface area contributed by atoms with Crippen molar-refractivity contribution in [2.45, 2.75) is 51.6 Å². The molecule has 1 saturated carbocycles. The maximum Gasteiger partial charge on any atom is 0.219 e. The number of rotatable bonds is 3. The zero-order valence-corrected chi connectivity index (χ0v) is 9.83. The summed E-state index contributed by atoms with van der Waals surface area (Å²) in [6.45, 7) is 5.84. The standard InChI is InChI=1S/C12H22N2O/c1-9(11-3-4-11)13-12-5-7-14(8-6-12)10(2)15/h9,11-13H,3-8H2,1-2H3. The number of likely N-dealkylation sites (tertiary alicyclic amines) is 1. The lowest BCUT2D eigenvalue weighted by Gasteiger charge is -2.33. The molecule has 1 heterocycles. The Morgan fingerprint density at radius 1 is 1.27 bits per heavy atom. The van der Waals surface area contributed by atoms with Crippen LogP contribution >= 0.6 is 0 Å². The predicted octanol–water partition coefficient (Wildman–Crippen LogP) is 1.39. The van der Waals surface area contributed by atoms with Crippen LogP contribution in [0.5, 0.6) is 0 Å². The average Bonchev–Trinajstić information content (AvgIpc) is 3.01. The van der Waals surface area contributed by atoms with Crippen LogP contribution in [0.4, 0.5) is 0 Å². The molecule has 2 fully saturated rings. The molecule has 1 unspecified atom stereocenters. The van der Waals surface area contributed by atoms with Crippen LogP contribution in [-0.2, 0) is 4.79 Å². The van der Waals surface area contributed by atoms with Crippen molar-refractivity contribution in [1.29, 1.82) is 0 Å². The van der Waals surface area contributed by atoms with E-state index in [1.807, 2.05) is 4.90 Å². The van der Waals surface area contributed by atoms with E-state index in [1.54, 1.807) is 6.92 Å². The van der Waals surface area contributed by atoms with Crippen molar-refractivity contribution < 1.29 is 4.79 Å². The van der Waals surface area contributed by atoms with E-state index in [0.717, 1.165) is 31.8 Å². The summed E-state index contributed by atoms with van der Waals surface area (Å²) in [6, 6.07) is 1.31. The zero-order valence-electron chi connectivity index (χ0n) is 9.83. The van der Waals surface area contributed by atoms with Gasteiger partial charge in [0.25, 0.3) is 0 Å². The number of hydrogen-bond acceptors (Lipinski definition) is 2. The Morgan fingerprint density at radius 2 is 1.87 bits per heavy atom. The van der Waals surface area contributed by atoms with Gasteiger partial charge in [-0.1, -0.05) is 0 Å². The van der Waals surface area contributed by atoms with Gasteiger partial charge in [-0.05, 0) is 38.5 Å². The van der Waals surface area contributed by atoms with Gasteiger partial charge in [0.15, 0.2) is 0 Å². The summed E-state index contributed by atoms with van der Waals surface area (Å²) >= 11 is 0. The van der Waals surface area contributed by atoms with Crippen LogP contribution < -0.4 is 5.32 Å². The Labute approximate surface area is 92.2 Å². The molecule has 1 saturated heterocycles. The second kappa shape index (κ2) is 4.52. The molecular formula is C12H22N2O. The second-order valence-electron chi connectivity index (χ2n) is 5.07. The Bertz CT molecular complexity index is 230. The molecule has 3 nitrogen and oxygen atoms in total. The highest BCUT2D eigenvalue weighted by Crippen LogP contribution is 2.32. The molecule has 1 aliphatic carbocycles. The van der Waals surface area contributed by atoms with Gasteiger partial charge in [-0.15, -0.1) is 0 Å². The molecule has 0 aromatic heterocycles. The van der Waals surface area contributed by atoms with E-state index in [9.17, 15) is 4.79 Å². The number of piperidine rings is 1. The van der Waals surface area contributed by atoms with E-state index in [4.69, 9.17) is 0 Å². The summed E-state index contributed by atoms with van der Waals surface area (Å²) < 4.78 is 0. The summed E-state index contributed by atoms with van der Waals surface area (Å²) in [5, 5.41) is 3.70. The molecule has 0 aromatic rings. The molecule has 86 valence electrons. The van der Waals surface area contributed by atoms with Crippen LogP contribution in [0.1, 0.15) is 39.5 Å². The monoisotopic (exact) mass is 210 g/mol. The van der Waals surface area contributed by atoms with Crippen LogP contribution in [0, 0.1) is 5.92 Å². The largest absolute Gasteiger partial charge is 0.343 e. The third-order valence-electron chi connectivity index (χ3n) is 3.77. The van der Waals surface area contributed by atoms with Gasteiger partial charge in [0.1, 0.15) is 0 Å². The molecule has 0 aromatic carbocycles. The van der Waals surface area contributed by atoms with Crippen LogP contribution in [0.25, 0.3) is 0 Å². The maximum atomic E-state index is 11.2. The van der Waals surface area contributed by atoms with Gasteiger partial charge in [-0.25, -0.2) is 0 Å². The first-order valence-electron chi connectivity index (χ1n) is 6.18. The molecule has 15 heavy (non-hydrogen) atoms. The van der Waals surface area contributed by atoms with Crippen LogP contribution in [0.3, 0.4) is 0 Å². The molecule has 2 aliphatic rings. The van der Waals surface area contributed by atoms with Crippen molar-refractivity contribution in [3.05, 3.63) is 0 Å².